The van der Waals surface area contributed by atoms with Gasteiger partial charge in [0.1, 0.15) is 17.1 Å². The molecule has 8 heteroatoms. The van der Waals surface area contributed by atoms with Gasteiger partial charge in [0.15, 0.2) is 0 Å². The highest BCUT2D eigenvalue weighted by Crippen LogP contribution is 2.26. The van der Waals surface area contributed by atoms with Crippen LogP contribution in [-0.2, 0) is 6.54 Å². The van der Waals surface area contributed by atoms with Crippen LogP contribution in [0.25, 0.3) is 11.0 Å². The van der Waals surface area contributed by atoms with Crippen LogP contribution in [0, 0.1) is 3.57 Å². The molecule has 2 aromatic rings. The van der Waals surface area contributed by atoms with Gasteiger partial charge in [-0.05, 0) is 29.0 Å². The molecule has 2 N–H and O–H groups in total. The van der Waals surface area contributed by atoms with E-state index >= 15 is 0 Å². The van der Waals surface area contributed by atoms with E-state index in [1.165, 1.54) is 6.33 Å². The molecule has 1 unspecified atom stereocenters. The lowest BCUT2D eigenvalue weighted by Gasteiger charge is -2.16. The summed E-state index contributed by atoms with van der Waals surface area (Å²) in [4.78, 5) is 19.0. The van der Waals surface area contributed by atoms with Crippen molar-refractivity contribution < 1.29 is 9.90 Å². The first-order chi connectivity index (χ1) is 9.52. The number of rotatable bonds is 5. The number of aromatic nitrogens is 3. The summed E-state index contributed by atoms with van der Waals surface area (Å²) in [6, 6.07) is -0.273. The predicted molar refractivity (Wildman–Crippen MR) is 85.0 cm³/mol. The number of nitrogens with zero attached hydrogens (tertiary/aromatic N) is 3. The Bertz CT molecular complexity index is 658. The standard InChI is InChI=1S/C12H12ClIN4O2/c1-2-3-7(17-12(19)20)4-18-5-8(14)9-10(13)15-6-16-11(9)18/h2,5-7,17H,1,3-4H2,(H,19,20). The Kier molecular flexibility index (Phi) is 4.81. The van der Waals surface area contributed by atoms with E-state index in [9.17, 15) is 4.79 Å². The van der Waals surface area contributed by atoms with Crippen molar-refractivity contribution in [3.63, 3.8) is 0 Å². The Hall–Kier alpha value is -1.35. The van der Waals surface area contributed by atoms with Gasteiger partial charge < -0.3 is 15.0 Å². The first-order valence-electron chi connectivity index (χ1n) is 5.78. The highest BCUT2D eigenvalue weighted by molar-refractivity contribution is 14.1. The maximum Gasteiger partial charge on any atom is 0.404 e. The van der Waals surface area contributed by atoms with Crippen molar-refractivity contribution >= 4 is 51.3 Å². The van der Waals surface area contributed by atoms with Crippen LogP contribution in [0.4, 0.5) is 4.79 Å². The molecule has 0 aliphatic carbocycles. The fourth-order valence-electron chi connectivity index (χ4n) is 1.97. The molecular formula is C12H12ClIN4O2. The van der Waals surface area contributed by atoms with Crippen molar-refractivity contribution in [1.82, 2.24) is 19.9 Å². The normalized spacial score (nSPS) is 12.3. The second kappa shape index (κ2) is 6.40. The van der Waals surface area contributed by atoms with Crippen LogP contribution in [0.3, 0.4) is 0 Å². The minimum absolute atomic E-state index is 0.273. The Morgan fingerprint density at radius 2 is 2.40 bits per heavy atom. The van der Waals surface area contributed by atoms with Gasteiger partial charge in [0.05, 0.1) is 11.4 Å². The Morgan fingerprint density at radius 3 is 3.05 bits per heavy atom. The first kappa shape index (κ1) is 15.0. The summed E-state index contributed by atoms with van der Waals surface area (Å²) in [5.41, 5.74) is 0.690. The zero-order valence-electron chi connectivity index (χ0n) is 10.4. The number of hydrogen-bond acceptors (Lipinski definition) is 3. The molecule has 6 nitrogen and oxygen atoms in total. The molecule has 20 heavy (non-hydrogen) atoms. The van der Waals surface area contributed by atoms with E-state index in [0.29, 0.717) is 23.8 Å². The average Bonchev–Trinajstić information content (AvgIpc) is 2.67. The van der Waals surface area contributed by atoms with Gasteiger partial charge in [-0.15, -0.1) is 6.58 Å². The molecule has 1 atom stereocenters. The number of halogens is 2. The summed E-state index contributed by atoms with van der Waals surface area (Å²) in [5.74, 6) is 0. The SMILES string of the molecule is C=CCC(Cn1cc(I)c2c(Cl)ncnc21)NC(=O)O. The molecule has 1 amide bonds. The first-order valence-corrected chi connectivity index (χ1v) is 7.23. The summed E-state index contributed by atoms with van der Waals surface area (Å²) in [5, 5.41) is 12.5. The van der Waals surface area contributed by atoms with Crippen LogP contribution in [0.2, 0.25) is 5.15 Å². The van der Waals surface area contributed by atoms with Crippen LogP contribution < -0.4 is 5.32 Å². The van der Waals surface area contributed by atoms with Gasteiger partial charge in [-0.25, -0.2) is 14.8 Å². The van der Waals surface area contributed by atoms with E-state index in [2.05, 4.69) is 44.5 Å². The van der Waals surface area contributed by atoms with E-state index < -0.39 is 6.09 Å². The molecule has 0 spiro atoms. The Labute approximate surface area is 134 Å². The van der Waals surface area contributed by atoms with Crippen molar-refractivity contribution in [2.24, 2.45) is 0 Å². The van der Waals surface area contributed by atoms with Crippen molar-refractivity contribution in [1.29, 1.82) is 0 Å². The molecule has 0 saturated heterocycles. The van der Waals surface area contributed by atoms with Gasteiger partial charge in [-0.2, -0.15) is 0 Å². The van der Waals surface area contributed by atoms with Crippen LogP contribution in [0.15, 0.2) is 25.2 Å². The quantitative estimate of drug-likeness (QED) is 0.455. The van der Waals surface area contributed by atoms with E-state index in [4.69, 9.17) is 16.7 Å². The maximum atomic E-state index is 10.8. The maximum absolute atomic E-state index is 10.8. The zero-order chi connectivity index (χ0) is 14.7. The van der Waals surface area contributed by atoms with E-state index in [0.717, 1.165) is 8.96 Å². The molecule has 0 aromatic carbocycles. The highest BCUT2D eigenvalue weighted by Gasteiger charge is 2.16. The largest absolute Gasteiger partial charge is 0.465 e. The lowest BCUT2D eigenvalue weighted by Crippen LogP contribution is -2.36. The number of hydrogen-bond donors (Lipinski definition) is 2. The number of fused-ring (bicyclic) bond motifs is 1. The molecule has 2 heterocycles. The number of nitrogens with one attached hydrogen (secondary N) is 1. The molecular weight excluding hydrogens is 395 g/mol. The minimum atomic E-state index is -1.06. The van der Waals surface area contributed by atoms with Crippen LogP contribution >= 0.6 is 34.2 Å². The van der Waals surface area contributed by atoms with Gasteiger partial charge >= 0.3 is 6.09 Å². The lowest BCUT2D eigenvalue weighted by atomic mass is 10.2. The summed E-state index contributed by atoms with van der Waals surface area (Å²) in [6.45, 7) is 4.09. The molecule has 0 radical (unpaired) electrons. The monoisotopic (exact) mass is 406 g/mol. The lowest BCUT2D eigenvalue weighted by molar-refractivity contribution is 0.188. The molecule has 0 aliphatic heterocycles. The van der Waals surface area contributed by atoms with Crippen molar-refractivity contribution in [3.8, 4) is 0 Å². The van der Waals surface area contributed by atoms with Crippen molar-refractivity contribution in [3.05, 3.63) is 33.9 Å². The summed E-state index contributed by atoms with van der Waals surface area (Å²) < 4.78 is 2.80. The second-order valence-electron chi connectivity index (χ2n) is 4.16. The molecule has 0 aliphatic rings. The fourth-order valence-corrected chi connectivity index (χ4v) is 3.20. The summed E-state index contributed by atoms with van der Waals surface area (Å²) in [7, 11) is 0. The third kappa shape index (κ3) is 3.21. The van der Waals surface area contributed by atoms with Gasteiger partial charge in [-0.3, -0.25) is 0 Å². The van der Waals surface area contributed by atoms with E-state index in [1.54, 1.807) is 6.08 Å². The van der Waals surface area contributed by atoms with Gasteiger partial charge in [0.25, 0.3) is 0 Å². The van der Waals surface area contributed by atoms with Crippen molar-refractivity contribution in [2.75, 3.05) is 0 Å². The number of carbonyl (C=O) groups is 1. The third-order valence-corrected chi connectivity index (χ3v) is 3.86. The average molecular weight is 407 g/mol. The van der Waals surface area contributed by atoms with Gasteiger partial charge in [0.2, 0.25) is 0 Å². The van der Waals surface area contributed by atoms with E-state index in [1.807, 2.05) is 10.8 Å². The molecule has 0 fully saturated rings. The fraction of sp³-hybridized carbons (Fsp3) is 0.250. The smallest absolute Gasteiger partial charge is 0.404 e. The minimum Gasteiger partial charge on any atom is -0.465 e. The molecule has 0 saturated carbocycles. The third-order valence-electron chi connectivity index (χ3n) is 2.76. The summed E-state index contributed by atoms with van der Waals surface area (Å²) in [6.07, 6.45) is 4.42. The highest BCUT2D eigenvalue weighted by atomic mass is 127. The topological polar surface area (TPSA) is 80.0 Å². The number of amides is 1. The molecule has 0 bridgehead atoms. The van der Waals surface area contributed by atoms with Crippen LogP contribution in [0.1, 0.15) is 6.42 Å². The van der Waals surface area contributed by atoms with Crippen LogP contribution in [0.5, 0.6) is 0 Å². The Morgan fingerprint density at radius 1 is 1.65 bits per heavy atom. The van der Waals surface area contributed by atoms with E-state index in [-0.39, 0.29) is 6.04 Å². The summed E-state index contributed by atoms with van der Waals surface area (Å²) >= 11 is 8.22. The van der Waals surface area contributed by atoms with Gasteiger partial charge in [0, 0.05) is 16.3 Å². The molecule has 106 valence electrons. The molecule has 2 rings (SSSR count). The van der Waals surface area contributed by atoms with Crippen molar-refractivity contribution in [2.45, 2.75) is 19.0 Å². The number of carboxylic acid groups (broad SMARTS) is 1. The van der Waals surface area contributed by atoms with Gasteiger partial charge in [-0.1, -0.05) is 17.7 Å². The predicted octanol–water partition coefficient (Wildman–Crippen LogP) is 2.90. The zero-order valence-corrected chi connectivity index (χ0v) is 13.3. The Balaban J connectivity index is 2.35. The molecule has 2 aromatic heterocycles. The second-order valence-corrected chi connectivity index (χ2v) is 5.68. The van der Waals surface area contributed by atoms with Crippen LogP contribution in [-0.4, -0.2) is 31.8 Å².